The fraction of sp³-hybridized carbons (Fsp3) is 0.167. The van der Waals surface area contributed by atoms with E-state index in [0.717, 1.165) is 0 Å². The average Bonchev–Trinajstić information content (AvgIpc) is 2.57. The molecule has 0 unspecified atom stereocenters. The molecule has 0 spiro atoms. The largest absolute Gasteiger partial charge is 0.325 e. The first-order chi connectivity index (χ1) is 12.0. The summed E-state index contributed by atoms with van der Waals surface area (Å²) in [4.78, 5) is 25.5. The van der Waals surface area contributed by atoms with Gasteiger partial charge >= 0.3 is 0 Å². The lowest BCUT2D eigenvalue weighted by atomic mass is 10.2. The third-order valence-electron chi connectivity index (χ3n) is 3.28. The number of carbonyl (C=O) groups excluding carboxylic acids is 2. The second-order valence-electron chi connectivity index (χ2n) is 5.43. The van der Waals surface area contributed by atoms with Crippen LogP contribution in [0.15, 0.2) is 48.5 Å². The fourth-order valence-corrected chi connectivity index (χ4v) is 2.16. The van der Waals surface area contributed by atoms with Crippen molar-refractivity contribution in [1.29, 1.82) is 5.26 Å². The minimum Gasteiger partial charge on any atom is -0.325 e. The van der Waals surface area contributed by atoms with Crippen molar-refractivity contribution in [2.45, 2.75) is 0 Å². The Morgan fingerprint density at radius 1 is 1.04 bits per heavy atom. The Hall–Kier alpha value is -3.24. The molecule has 0 aliphatic rings. The van der Waals surface area contributed by atoms with Gasteiger partial charge in [-0.2, -0.15) is 5.26 Å². The molecule has 0 fully saturated rings. The number of carbonyl (C=O) groups is 2. The first-order valence-electron chi connectivity index (χ1n) is 7.51. The number of halogens is 1. The molecule has 0 atom stereocenters. The van der Waals surface area contributed by atoms with E-state index in [1.165, 1.54) is 29.2 Å². The van der Waals surface area contributed by atoms with Crippen molar-refractivity contribution in [3.63, 3.8) is 0 Å². The number of nitrogens with one attached hydrogen (secondary N) is 2. The molecule has 0 saturated carbocycles. The second kappa shape index (κ2) is 8.57. The Morgan fingerprint density at radius 3 is 2.28 bits per heavy atom. The lowest BCUT2D eigenvalue weighted by Crippen LogP contribution is -2.36. The van der Waals surface area contributed by atoms with Gasteiger partial charge in [0.2, 0.25) is 11.8 Å². The highest BCUT2D eigenvalue weighted by molar-refractivity contribution is 5.95. The number of nitrogens with zero attached hydrogens (tertiary/aromatic N) is 2. The lowest BCUT2D eigenvalue weighted by Gasteiger charge is -2.16. The van der Waals surface area contributed by atoms with Crippen LogP contribution in [0.5, 0.6) is 0 Å². The standard InChI is InChI=1S/C18H17FN4O2/c1-23(11-17(24)21-15-8-6-14(19)7-9-15)12-18(25)22-16-5-3-2-4-13(16)10-20/h2-9H,11-12H2,1H3,(H,21,24)(H,22,25). The summed E-state index contributed by atoms with van der Waals surface area (Å²) < 4.78 is 12.8. The molecule has 25 heavy (non-hydrogen) atoms. The molecule has 0 aromatic heterocycles. The number of anilines is 2. The van der Waals surface area contributed by atoms with Crippen molar-refractivity contribution in [2.75, 3.05) is 30.8 Å². The zero-order valence-electron chi connectivity index (χ0n) is 13.6. The first kappa shape index (κ1) is 18.1. The molecular formula is C18H17FN4O2. The van der Waals surface area contributed by atoms with Gasteiger partial charge in [0.15, 0.2) is 0 Å². The Bertz CT molecular complexity index is 799. The van der Waals surface area contributed by atoms with E-state index in [1.54, 1.807) is 31.3 Å². The van der Waals surface area contributed by atoms with Gasteiger partial charge in [0.05, 0.1) is 24.3 Å². The molecular weight excluding hydrogens is 323 g/mol. The molecule has 128 valence electrons. The van der Waals surface area contributed by atoms with Crippen LogP contribution in [0.2, 0.25) is 0 Å². The SMILES string of the molecule is CN(CC(=O)Nc1ccc(F)cc1)CC(=O)Nc1ccccc1C#N. The van der Waals surface area contributed by atoms with E-state index in [-0.39, 0.29) is 30.7 Å². The van der Waals surface area contributed by atoms with Crippen LogP contribution in [0.25, 0.3) is 0 Å². The molecule has 0 aliphatic heterocycles. The number of benzene rings is 2. The molecule has 2 amide bonds. The molecule has 6 nitrogen and oxygen atoms in total. The van der Waals surface area contributed by atoms with E-state index in [9.17, 15) is 14.0 Å². The third kappa shape index (κ3) is 5.71. The highest BCUT2D eigenvalue weighted by Gasteiger charge is 2.12. The van der Waals surface area contributed by atoms with Crippen molar-refractivity contribution in [1.82, 2.24) is 4.90 Å². The van der Waals surface area contributed by atoms with Crippen LogP contribution in [0, 0.1) is 17.1 Å². The van der Waals surface area contributed by atoms with Crippen LogP contribution >= 0.6 is 0 Å². The van der Waals surface area contributed by atoms with Gasteiger partial charge in [0.25, 0.3) is 0 Å². The van der Waals surface area contributed by atoms with Gasteiger partial charge in [0.1, 0.15) is 11.9 Å². The predicted octanol–water partition coefficient (Wildman–Crippen LogP) is 2.21. The molecule has 7 heteroatoms. The zero-order chi connectivity index (χ0) is 18.2. The number of para-hydroxylation sites is 1. The van der Waals surface area contributed by atoms with Crippen molar-refractivity contribution in [2.24, 2.45) is 0 Å². The van der Waals surface area contributed by atoms with E-state index >= 15 is 0 Å². The van der Waals surface area contributed by atoms with Crippen LogP contribution in [0.4, 0.5) is 15.8 Å². The quantitative estimate of drug-likeness (QED) is 0.844. The first-order valence-corrected chi connectivity index (χ1v) is 7.51. The van der Waals surface area contributed by atoms with Gasteiger partial charge in [-0.15, -0.1) is 0 Å². The molecule has 0 heterocycles. The third-order valence-corrected chi connectivity index (χ3v) is 3.28. The van der Waals surface area contributed by atoms with Crippen LogP contribution < -0.4 is 10.6 Å². The number of hydrogen-bond donors (Lipinski definition) is 2. The summed E-state index contributed by atoms with van der Waals surface area (Å²) in [6.45, 7) is -0.0265. The Kier molecular flexibility index (Phi) is 6.20. The summed E-state index contributed by atoms with van der Waals surface area (Å²) in [7, 11) is 1.63. The van der Waals surface area contributed by atoms with Gasteiger partial charge < -0.3 is 10.6 Å². The van der Waals surface area contributed by atoms with Crippen molar-refractivity contribution < 1.29 is 14.0 Å². The zero-order valence-corrected chi connectivity index (χ0v) is 13.6. The summed E-state index contributed by atoms with van der Waals surface area (Å²) in [5.74, 6) is -1.04. The lowest BCUT2D eigenvalue weighted by molar-refractivity contribution is -0.119. The monoisotopic (exact) mass is 340 g/mol. The Labute approximate surface area is 144 Å². The molecule has 0 aliphatic carbocycles. The number of rotatable bonds is 6. The van der Waals surface area contributed by atoms with Crippen LogP contribution in [-0.4, -0.2) is 36.9 Å². The maximum Gasteiger partial charge on any atom is 0.238 e. The van der Waals surface area contributed by atoms with E-state index < -0.39 is 0 Å². The summed E-state index contributed by atoms with van der Waals surface area (Å²) in [5.41, 5.74) is 1.28. The number of likely N-dealkylation sites (N-methyl/N-ethyl adjacent to an activating group) is 1. The summed E-state index contributed by atoms with van der Waals surface area (Å²) in [5, 5.41) is 14.3. The fourth-order valence-electron chi connectivity index (χ4n) is 2.16. The summed E-state index contributed by atoms with van der Waals surface area (Å²) in [6, 6.07) is 14.1. The van der Waals surface area contributed by atoms with Crippen LogP contribution in [0.1, 0.15) is 5.56 Å². The predicted molar refractivity (Wildman–Crippen MR) is 92.3 cm³/mol. The summed E-state index contributed by atoms with van der Waals surface area (Å²) >= 11 is 0. The Balaban J connectivity index is 1.83. The van der Waals surface area contributed by atoms with Gasteiger partial charge in [-0.25, -0.2) is 4.39 Å². The second-order valence-corrected chi connectivity index (χ2v) is 5.43. The molecule has 0 radical (unpaired) electrons. The molecule has 2 aromatic carbocycles. The molecule has 2 rings (SSSR count). The van der Waals surface area contributed by atoms with Gasteiger partial charge in [-0.3, -0.25) is 14.5 Å². The smallest absolute Gasteiger partial charge is 0.238 e. The van der Waals surface area contributed by atoms with E-state index in [1.807, 2.05) is 6.07 Å². The van der Waals surface area contributed by atoms with E-state index in [0.29, 0.717) is 16.9 Å². The number of hydrogen-bond acceptors (Lipinski definition) is 4. The van der Waals surface area contributed by atoms with Gasteiger partial charge in [-0.05, 0) is 43.4 Å². The molecule has 2 aromatic rings. The van der Waals surface area contributed by atoms with Crippen LogP contribution in [-0.2, 0) is 9.59 Å². The van der Waals surface area contributed by atoms with E-state index in [2.05, 4.69) is 10.6 Å². The van der Waals surface area contributed by atoms with Crippen molar-refractivity contribution >= 4 is 23.2 Å². The topological polar surface area (TPSA) is 85.2 Å². The van der Waals surface area contributed by atoms with Crippen molar-refractivity contribution in [3.05, 3.63) is 59.9 Å². The molecule has 0 saturated heterocycles. The number of nitriles is 1. The normalized spacial score (nSPS) is 10.2. The van der Waals surface area contributed by atoms with Crippen molar-refractivity contribution in [3.8, 4) is 6.07 Å². The summed E-state index contributed by atoms with van der Waals surface area (Å²) in [6.07, 6.45) is 0. The Morgan fingerprint density at radius 2 is 1.64 bits per heavy atom. The van der Waals surface area contributed by atoms with E-state index in [4.69, 9.17) is 5.26 Å². The van der Waals surface area contributed by atoms with Gasteiger partial charge in [-0.1, -0.05) is 12.1 Å². The minimum atomic E-state index is -0.385. The number of amides is 2. The van der Waals surface area contributed by atoms with Crippen LogP contribution in [0.3, 0.4) is 0 Å². The average molecular weight is 340 g/mol. The maximum atomic E-state index is 12.8. The highest BCUT2D eigenvalue weighted by atomic mass is 19.1. The molecule has 0 bridgehead atoms. The highest BCUT2D eigenvalue weighted by Crippen LogP contribution is 2.13. The maximum absolute atomic E-state index is 12.8. The molecule has 2 N–H and O–H groups in total. The minimum absolute atomic E-state index is 0.00923. The van der Waals surface area contributed by atoms with Gasteiger partial charge in [0, 0.05) is 5.69 Å².